The maximum atomic E-state index is 15.0. The number of piperidine rings is 1. The van der Waals surface area contributed by atoms with Crippen molar-refractivity contribution in [2.24, 2.45) is 5.92 Å². The van der Waals surface area contributed by atoms with Gasteiger partial charge in [0.05, 0.1) is 11.2 Å². The number of likely N-dealkylation sites (N-methyl/N-ethyl adjacent to an activating group) is 1. The third kappa shape index (κ3) is 3.00. The lowest BCUT2D eigenvalue weighted by Gasteiger charge is -2.32. The molecule has 0 aliphatic carbocycles. The summed E-state index contributed by atoms with van der Waals surface area (Å²) < 4.78 is 16.7. The molecular formula is C20H24FN3O3. The van der Waals surface area contributed by atoms with Crippen molar-refractivity contribution in [3.63, 3.8) is 0 Å². The second-order valence-electron chi connectivity index (χ2n) is 7.73. The number of benzene rings is 1. The average molecular weight is 373 g/mol. The van der Waals surface area contributed by atoms with Gasteiger partial charge in [-0.25, -0.2) is 9.18 Å². The SMILES string of the molecule is CCn1cc(C(=O)O)c(=O)c2cc(F)c(N3CC4CCC(C3)N(C)C4)cc21. The van der Waals surface area contributed by atoms with E-state index in [1.165, 1.54) is 12.3 Å². The van der Waals surface area contributed by atoms with E-state index in [9.17, 15) is 14.7 Å². The number of rotatable bonds is 3. The number of carboxylic acids is 1. The van der Waals surface area contributed by atoms with Crippen LogP contribution in [0.25, 0.3) is 10.9 Å². The number of fused-ring (bicyclic) bond motifs is 5. The number of aromatic carboxylic acids is 1. The normalized spacial score (nSPS) is 23.0. The van der Waals surface area contributed by atoms with Crippen LogP contribution in [0.4, 0.5) is 10.1 Å². The third-order valence-electron chi connectivity index (χ3n) is 6.05. The van der Waals surface area contributed by atoms with E-state index in [2.05, 4.69) is 16.8 Å². The molecule has 3 aliphatic heterocycles. The highest BCUT2D eigenvalue weighted by atomic mass is 19.1. The standard InChI is InChI=1S/C20H24FN3O3/c1-3-23-11-15(20(26)27)19(25)14-6-16(21)18(7-17(14)23)24-9-12-4-5-13(10-24)22(2)8-12/h6-7,11-13H,3-5,8-10H2,1-2H3,(H,26,27). The van der Waals surface area contributed by atoms with Crippen LogP contribution in [-0.4, -0.2) is 53.3 Å². The van der Waals surface area contributed by atoms with Crippen LogP contribution in [0, 0.1) is 11.7 Å². The van der Waals surface area contributed by atoms with E-state index in [0.29, 0.717) is 29.7 Å². The van der Waals surface area contributed by atoms with Crippen LogP contribution in [0.15, 0.2) is 23.1 Å². The van der Waals surface area contributed by atoms with E-state index in [0.717, 1.165) is 32.5 Å². The molecule has 3 saturated heterocycles. The van der Waals surface area contributed by atoms with E-state index in [4.69, 9.17) is 0 Å². The summed E-state index contributed by atoms with van der Waals surface area (Å²) in [6, 6.07) is 3.33. The number of anilines is 1. The maximum Gasteiger partial charge on any atom is 0.341 e. The number of pyridine rings is 1. The molecule has 4 heterocycles. The average Bonchev–Trinajstić information content (AvgIpc) is 2.93. The lowest BCUT2D eigenvalue weighted by Crippen LogP contribution is -2.41. The Hall–Kier alpha value is -2.41. The van der Waals surface area contributed by atoms with Crippen molar-refractivity contribution < 1.29 is 14.3 Å². The minimum absolute atomic E-state index is 0.118. The smallest absolute Gasteiger partial charge is 0.341 e. The van der Waals surface area contributed by atoms with E-state index in [1.807, 2.05) is 6.92 Å². The Bertz CT molecular complexity index is 971. The van der Waals surface area contributed by atoms with Gasteiger partial charge in [-0.2, -0.15) is 0 Å². The highest BCUT2D eigenvalue weighted by Gasteiger charge is 2.34. The summed E-state index contributed by atoms with van der Waals surface area (Å²) in [5, 5.41) is 9.39. The number of hydrogen-bond acceptors (Lipinski definition) is 4. The summed E-state index contributed by atoms with van der Waals surface area (Å²) in [6.07, 6.45) is 3.63. The predicted octanol–water partition coefficient (Wildman–Crippen LogP) is 2.39. The molecule has 2 bridgehead atoms. The van der Waals surface area contributed by atoms with Gasteiger partial charge in [-0.1, -0.05) is 0 Å². The molecule has 5 rings (SSSR count). The van der Waals surface area contributed by atoms with Crippen molar-refractivity contribution in [1.82, 2.24) is 9.47 Å². The molecule has 2 aromatic rings. The van der Waals surface area contributed by atoms with Gasteiger partial charge in [-0.05, 0) is 44.9 Å². The molecule has 27 heavy (non-hydrogen) atoms. The zero-order chi connectivity index (χ0) is 19.3. The third-order valence-corrected chi connectivity index (χ3v) is 6.05. The molecule has 2 atom stereocenters. The monoisotopic (exact) mass is 373 g/mol. The van der Waals surface area contributed by atoms with Crippen molar-refractivity contribution in [2.75, 3.05) is 31.6 Å². The number of halogens is 1. The van der Waals surface area contributed by atoms with Gasteiger partial charge < -0.3 is 19.5 Å². The largest absolute Gasteiger partial charge is 0.477 e. The van der Waals surface area contributed by atoms with Gasteiger partial charge in [0.25, 0.3) is 0 Å². The number of aryl methyl sites for hydroxylation is 1. The van der Waals surface area contributed by atoms with Gasteiger partial charge in [0, 0.05) is 43.8 Å². The number of hydrogen-bond donors (Lipinski definition) is 1. The first kappa shape index (κ1) is 18.0. The van der Waals surface area contributed by atoms with E-state index in [1.54, 1.807) is 10.6 Å². The quantitative estimate of drug-likeness (QED) is 0.895. The van der Waals surface area contributed by atoms with Crippen molar-refractivity contribution in [2.45, 2.75) is 32.4 Å². The molecule has 1 N–H and O–H groups in total. The minimum Gasteiger partial charge on any atom is -0.477 e. The lowest BCUT2D eigenvalue weighted by molar-refractivity contribution is 0.0695. The summed E-state index contributed by atoms with van der Waals surface area (Å²) in [4.78, 5) is 28.3. The van der Waals surface area contributed by atoms with Gasteiger partial charge in [0.1, 0.15) is 11.4 Å². The Morgan fingerprint density at radius 1 is 1.26 bits per heavy atom. The first-order valence-corrected chi connectivity index (χ1v) is 9.44. The molecular weight excluding hydrogens is 349 g/mol. The summed E-state index contributed by atoms with van der Waals surface area (Å²) in [6.45, 7) is 4.96. The van der Waals surface area contributed by atoms with Gasteiger partial charge in [0.15, 0.2) is 0 Å². The number of carbonyl (C=O) groups is 1. The Morgan fingerprint density at radius 3 is 2.70 bits per heavy atom. The topological polar surface area (TPSA) is 65.8 Å². The zero-order valence-corrected chi connectivity index (χ0v) is 15.6. The van der Waals surface area contributed by atoms with Crippen molar-refractivity contribution in [3.05, 3.63) is 39.9 Å². The fourth-order valence-electron chi connectivity index (χ4n) is 4.57. The number of aromatic nitrogens is 1. The summed E-state index contributed by atoms with van der Waals surface area (Å²) in [5.74, 6) is -1.25. The summed E-state index contributed by atoms with van der Waals surface area (Å²) in [5.41, 5.74) is 0.113. The first-order valence-electron chi connectivity index (χ1n) is 9.44. The maximum absolute atomic E-state index is 15.0. The van der Waals surface area contributed by atoms with Gasteiger partial charge in [0.2, 0.25) is 5.43 Å². The molecule has 2 unspecified atom stereocenters. The number of nitrogens with zero attached hydrogens (tertiary/aromatic N) is 3. The first-order chi connectivity index (χ1) is 12.9. The molecule has 3 aliphatic rings. The minimum atomic E-state index is -1.29. The van der Waals surface area contributed by atoms with Gasteiger partial charge in [-0.3, -0.25) is 4.79 Å². The van der Waals surface area contributed by atoms with E-state index >= 15 is 4.39 Å². The summed E-state index contributed by atoms with van der Waals surface area (Å²) in [7, 11) is 2.12. The number of carboxylic acid groups (broad SMARTS) is 1. The molecule has 1 aromatic carbocycles. The Balaban J connectivity index is 1.86. The highest BCUT2D eigenvalue weighted by molar-refractivity contribution is 5.93. The Morgan fingerprint density at radius 2 is 2.04 bits per heavy atom. The van der Waals surface area contributed by atoms with Gasteiger partial charge in [-0.15, -0.1) is 0 Å². The van der Waals surface area contributed by atoms with Crippen LogP contribution >= 0.6 is 0 Å². The van der Waals surface area contributed by atoms with Crippen LogP contribution < -0.4 is 10.3 Å². The van der Waals surface area contributed by atoms with Crippen molar-refractivity contribution in [1.29, 1.82) is 0 Å². The molecule has 0 saturated carbocycles. The fourth-order valence-corrected chi connectivity index (χ4v) is 4.57. The zero-order valence-electron chi connectivity index (χ0n) is 15.6. The van der Waals surface area contributed by atoms with E-state index < -0.39 is 17.2 Å². The van der Waals surface area contributed by atoms with Crippen LogP contribution in [0.2, 0.25) is 0 Å². The highest BCUT2D eigenvalue weighted by Crippen LogP contribution is 2.32. The molecule has 3 fully saturated rings. The van der Waals surface area contributed by atoms with Crippen LogP contribution in [0.5, 0.6) is 0 Å². The molecule has 1 aromatic heterocycles. The molecule has 144 valence electrons. The fraction of sp³-hybridized carbons (Fsp3) is 0.500. The van der Waals surface area contributed by atoms with Crippen molar-refractivity contribution in [3.8, 4) is 0 Å². The predicted molar refractivity (Wildman–Crippen MR) is 102 cm³/mol. The van der Waals surface area contributed by atoms with Crippen molar-refractivity contribution >= 4 is 22.6 Å². The van der Waals surface area contributed by atoms with Gasteiger partial charge >= 0.3 is 5.97 Å². The van der Waals surface area contributed by atoms with E-state index in [-0.39, 0.29) is 10.9 Å². The summed E-state index contributed by atoms with van der Waals surface area (Å²) >= 11 is 0. The molecule has 6 nitrogen and oxygen atoms in total. The Labute approximate surface area is 156 Å². The van der Waals surface area contributed by atoms with Crippen LogP contribution in [-0.2, 0) is 6.54 Å². The Kier molecular flexibility index (Phi) is 4.42. The second-order valence-corrected chi connectivity index (χ2v) is 7.73. The molecule has 0 amide bonds. The van der Waals surface area contributed by atoms with Crippen LogP contribution in [0.3, 0.4) is 0 Å². The van der Waals surface area contributed by atoms with Crippen LogP contribution in [0.1, 0.15) is 30.1 Å². The molecule has 0 radical (unpaired) electrons. The lowest BCUT2D eigenvalue weighted by atomic mass is 9.96. The molecule has 7 heteroatoms. The molecule has 0 spiro atoms. The second kappa shape index (κ2) is 6.64.